The molecule has 1 aliphatic heterocycles. The van der Waals surface area contributed by atoms with Crippen LogP contribution in [0.1, 0.15) is 40.5 Å². The lowest BCUT2D eigenvalue weighted by molar-refractivity contribution is 0.322. The molecular formula is C16H28N4O. The van der Waals surface area contributed by atoms with Gasteiger partial charge in [-0.05, 0) is 46.5 Å². The van der Waals surface area contributed by atoms with E-state index in [1.54, 1.807) is 6.20 Å². The van der Waals surface area contributed by atoms with Crippen molar-refractivity contribution in [2.75, 3.05) is 31.1 Å². The van der Waals surface area contributed by atoms with Gasteiger partial charge in [0, 0.05) is 25.2 Å². The molecule has 2 heterocycles. The predicted octanol–water partition coefficient (Wildman–Crippen LogP) is 2.48. The molecule has 1 saturated heterocycles. The first-order valence-corrected chi connectivity index (χ1v) is 7.93. The number of hydrogen-bond acceptors (Lipinski definition) is 5. The van der Waals surface area contributed by atoms with E-state index >= 15 is 0 Å². The molecule has 1 N–H and O–H groups in total. The van der Waals surface area contributed by atoms with Crippen molar-refractivity contribution >= 4 is 5.82 Å². The summed E-state index contributed by atoms with van der Waals surface area (Å²) in [4.78, 5) is 11.1. The molecule has 5 heteroatoms. The Labute approximate surface area is 128 Å². The molecule has 0 bridgehead atoms. The SMILES string of the molecule is CCOc1cncc(N2CCCC(CNC(C)(C)C)C2)n1. The van der Waals surface area contributed by atoms with Crippen LogP contribution in [0.25, 0.3) is 0 Å². The number of anilines is 1. The maximum absolute atomic E-state index is 5.44. The smallest absolute Gasteiger partial charge is 0.234 e. The van der Waals surface area contributed by atoms with Crippen molar-refractivity contribution in [2.24, 2.45) is 5.92 Å². The second kappa shape index (κ2) is 7.07. The maximum atomic E-state index is 5.44. The molecule has 0 amide bonds. The van der Waals surface area contributed by atoms with Gasteiger partial charge in [0.05, 0.1) is 19.0 Å². The number of aromatic nitrogens is 2. The van der Waals surface area contributed by atoms with Crippen LogP contribution in [0.4, 0.5) is 5.82 Å². The predicted molar refractivity (Wildman–Crippen MR) is 85.9 cm³/mol. The van der Waals surface area contributed by atoms with Gasteiger partial charge in [-0.15, -0.1) is 0 Å². The van der Waals surface area contributed by atoms with E-state index in [9.17, 15) is 0 Å². The second-order valence-corrected chi connectivity index (χ2v) is 6.73. The number of rotatable bonds is 5. The van der Waals surface area contributed by atoms with Crippen molar-refractivity contribution in [3.05, 3.63) is 12.4 Å². The molecule has 2 rings (SSSR count). The molecule has 1 aromatic heterocycles. The van der Waals surface area contributed by atoms with E-state index < -0.39 is 0 Å². The summed E-state index contributed by atoms with van der Waals surface area (Å²) in [7, 11) is 0. The minimum absolute atomic E-state index is 0.178. The van der Waals surface area contributed by atoms with Crippen LogP contribution in [0.3, 0.4) is 0 Å². The third kappa shape index (κ3) is 5.16. The first kappa shape index (κ1) is 16.0. The van der Waals surface area contributed by atoms with Crippen LogP contribution in [0.15, 0.2) is 12.4 Å². The van der Waals surface area contributed by atoms with Crippen LogP contribution in [0, 0.1) is 5.92 Å². The standard InChI is InChI=1S/C16H28N4O/c1-5-21-15-11-17-10-14(19-15)20-8-6-7-13(12-20)9-18-16(2,3)4/h10-11,13,18H,5-9,12H2,1-4H3. The van der Waals surface area contributed by atoms with Crippen LogP contribution in [-0.2, 0) is 0 Å². The fraction of sp³-hybridized carbons (Fsp3) is 0.750. The molecular weight excluding hydrogens is 264 g/mol. The summed E-state index contributed by atoms with van der Waals surface area (Å²) < 4.78 is 5.44. The lowest BCUT2D eigenvalue weighted by Crippen LogP contribution is -2.44. The third-order valence-corrected chi connectivity index (χ3v) is 3.66. The molecule has 21 heavy (non-hydrogen) atoms. The molecule has 5 nitrogen and oxygen atoms in total. The van der Waals surface area contributed by atoms with E-state index in [1.807, 2.05) is 13.1 Å². The first-order chi connectivity index (χ1) is 9.98. The minimum Gasteiger partial charge on any atom is -0.477 e. The Balaban J connectivity index is 1.95. The topological polar surface area (TPSA) is 50.3 Å². The zero-order valence-corrected chi connectivity index (χ0v) is 13.7. The molecule has 0 radical (unpaired) electrons. The van der Waals surface area contributed by atoms with Crippen LogP contribution in [-0.4, -0.2) is 41.7 Å². The van der Waals surface area contributed by atoms with Gasteiger partial charge in [0.2, 0.25) is 5.88 Å². The molecule has 118 valence electrons. The van der Waals surface area contributed by atoms with E-state index in [2.05, 4.69) is 41.0 Å². The van der Waals surface area contributed by atoms with Crippen molar-refractivity contribution < 1.29 is 4.74 Å². The average Bonchev–Trinajstić information content (AvgIpc) is 2.45. The van der Waals surface area contributed by atoms with Gasteiger partial charge in [-0.2, -0.15) is 4.98 Å². The summed E-state index contributed by atoms with van der Waals surface area (Å²) >= 11 is 0. The molecule has 0 saturated carbocycles. The summed E-state index contributed by atoms with van der Waals surface area (Å²) in [5.41, 5.74) is 0.178. The van der Waals surface area contributed by atoms with Gasteiger partial charge in [0.15, 0.2) is 5.82 Å². The largest absolute Gasteiger partial charge is 0.477 e. The highest BCUT2D eigenvalue weighted by Crippen LogP contribution is 2.22. The highest BCUT2D eigenvalue weighted by atomic mass is 16.5. The molecule has 0 spiro atoms. The van der Waals surface area contributed by atoms with Gasteiger partial charge in [-0.3, -0.25) is 4.98 Å². The van der Waals surface area contributed by atoms with E-state index in [1.165, 1.54) is 12.8 Å². The minimum atomic E-state index is 0.178. The van der Waals surface area contributed by atoms with Crippen LogP contribution >= 0.6 is 0 Å². The Kier molecular flexibility index (Phi) is 5.39. The monoisotopic (exact) mass is 292 g/mol. The molecule has 1 unspecified atom stereocenters. The maximum Gasteiger partial charge on any atom is 0.234 e. The van der Waals surface area contributed by atoms with Gasteiger partial charge in [-0.1, -0.05) is 0 Å². The Morgan fingerprint density at radius 2 is 2.19 bits per heavy atom. The van der Waals surface area contributed by atoms with E-state index in [0.717, 1.165) is 25.5 Å². The molecule has 0 aliphatic carbocycles. The molecule has 1 atom stereocenters. The lowest BCUT2D eigenvalue weighted by atomic mass is 9.96. The summed E-state index contributed by atoms with van der Waals surface area (Å²) in [6.07, 6.45) is 5.99. The van der Waals surface area contributed by atoms with Gasteiger partial charge in [0.1, 0.15) is 0 Å². The molecule has 1 aliphatic rings. The third-order valence-electron chi connectivity index (χ3n) is 3.66. The highest BCUT2D eigenvalue weighted by Gasteiger charge is 2.22. The number of nitrogens with zero attached hydrogens (tertiary/aromatic N) is 3. The Bertz CT molecular complexity index is 444. The number of ether oxygens (including phenoxy) is 1. The van der Waals surface area contributed by atoms with Crippen LogP contribution in [0.2, 0.25) is 0 Å². The molecule has 1 fully saturated rings. The first-order valence-electron chi connectivity index (χ1n) is 7.93. The van der Waals surface area contributed by atoms with Crippen molar-refractivity contribution in [3.63, 3.8) is 0 Å². The van der Waals surface area contributed by atoms with E-state index in [4.69, 9.17) is 4.74 Å². The van der Waals surface area contributed by atoms with E-state index in [0.29, 0.717) is 18.4 Å². The quantitative estimate of drug-likeness (QED) is 0.903. The summed E-state index contributed by atoms with van der Waals surface area (Å²) in [5.74, 6) is 2.21. The van der Waals surface area contributed by atoms with Gasteiger partial charge >= 0.3 is 0 Å². The Morgan fingerprint density at radius 1 is 1.38 bits per heavy atom. The average molecular weight is 292 g/mol. The fourth-order valence-corrected chi connectivity index (χ4v) is 2.60. The van der Waals surface area contributed by atoms with Gasteiger partial charge in [-0.25, -0.2) is 0 Å². The van der Waals surface area contributed by atoms with Crippen LogP contribution in [0.5, 0.6) is 5.88 Å². The van der Waals surface area contributed by atoms with Gasteiger partial charge < -0.3 is 15.0 Å². The Morgan fingerprint density at radius 3 is 2.90 bits per heavy atom. The second-order valence-electron chi connectivity index (χ2n) is 6.73. The number of piperidine rings is 1. The van der Waals surface area contributed by atoms with Crippen molar-refractivity contribution in [3.8, 4) is 5.88 Å². The number of hydrogen-bond donors (Lipinski definition) is 1. The van der Waals surface area contributed by atoms with Crippen molar-refractivity contribution in [1.29, 1.82) is 0 Å². The summed E-state index contributed by atoms with van der Waals surface area (Å²) in [5, 5.41) is 3.61. The normalized spacial score (nSPS) is 19.6. The zero-order chi connectivity index (χ0) is 15.3. The fourth-order valence-electron chi connectivity index (χ4n) is 2.60. The van der Waals surface area contributed by atoms with Crippen molar-refractivity contribution in [2.45, 2.75) is 46.1 Å². The lowest BCUT2D eigenvalue weighted by Gasteiger charge is -2.35. The van der Waals surface area contributed by atoms with Gasteiger partial charge in [0.25, 0.3) is 0 Å². The summed E-state index contributed by atoms with van der Waals surface area (Å²) in [6.45, 7) is 12.4. The van der Waals surface area contributed by atoms with Crippen molar-refractivity contribution in [1.82, 2.24) is 15.3 Å². The molecule has 1 aromatic rings. The van der Waals surface area contributed by atoms with Crippen LogP contribution < -0.4 is 15.0 Å². The molecule has 0 aromatic carbocycles. The number of nitrogens with one attached hydrogen (secondary N) is 1. The Hall–Kier alpha value is -1.36. The zero-order valence-electron chi connectivity index (χ0n) is 13.7. The highest BCUT2D eigenvalue weighted by molar-refractivity contribution is 5.38. The van der Waals surface area contributed by atoms with E-state index in [-0.39, 0.29) is 5.54 Å². The summed E-state index contributed by atoms with van der Waals surface area (Å²) in [6, 6.07) is 0.